The average molecular weight is 1160 g/mol. The molecule has 0 atom stereocenters. The Morgan fingerprint density at radius 1 is 0.190 bits per heavy atom. The molecule has 0 rings (SSSR count). The molecule has 79 heavy (non-hydrogen) atoms. The maximum absolute atomic E-state index is 10.8. The van der Waals surface area contributed by atoms with E-state index >= 15 is 0 Å². The number of Topliss-reactive ketones (excluding diaryl/α,β-unsaturated/α-hetero) is 1. The largest absolute Gasteiger partial charge is 0.379 e. The van der Waals surface area contributed by atoms with E-state index in [1.807, 2.05) is 7.05 Å². The highest BCUT2D eigenvalue weighted by Gasteiger charge is 2.01. The van der Waals surface area contributed by atoms with Crippen molar-refractivity contribution in [2.45, 2.75) is 13.3 Å². The lowest BCUT2D eigenvalue weighted by Crippen LogP contribution is -2.17. The molecule has 0 fully saturated rings. The number of hydrogen-bond acceptors (Lipinski definition) is 26. The van der Waals surface area contributed by atoms with Gasteiger partial charge in [-0.3, -0.25) is 4.79 Å². The molecule has 0 aliphatic carbocycles. The van der Waals surface area contributed by atoms with E-state index in [1.165, 1.54) is 0 Å². The lowest BCUT2D eigenvalue weighted by molar-refractivity contribution is -0.118. The molecular formula is C53H107NO25. The first-order chi connectivity index (χ1) is 39.3. The summed E-state index contributed by atoms with van der Waals surface area (Å²) in [5, 5.41) is 3.02. The summed E-state index contributed by atoms with van der Waals surface area (Å²) in [5.41, 5.74) is 0. The molecule has 474 valence electrons. The average Bonchev–Trinajstić information content (AvgIpc) is 3.45. The van der Waals surface area contributed by atoms with Gasteiger partial charge in [0.1, 0.15) is 5.78 Å². The Balaban J connectivity index is 3.08. The Morgan fingerprint density at radius 2 is 0.291 bits per heavy atom. The first kappa shape index (κ1) is 77.7. The van der Waals surface area contributed by atoms with E-state index in [4.69, 9.17) is 114 Å². The highest BCUT2D eigenvalue weighted by Crippen LogP contribution is 1.92. The van der Waals surface area contributed by atoms with Crippen LogP contribution in [-0.4, -0.2) is 337 Å². The lowest BCUT2D eigenvalue weighted by Gasteiger charge is -2.09. The molecule has 0 aromatic heterocycles. The van der Waals surface area contributed by atoms with Crippen molar-refractivity contribution in [3.05, 3.63) is 0 Å². The number of hydrogen-bond donors (Lipinski definition) is 1. The number of nitrogens with one attached hydrogen (secondary N) is 1. The normalized spacial score (nSPS) is 11.7. The first-order valence-electron chi connectivity index (χ1n) is 28.3. The Labute approximate surface area is 472 Å². The van der Waals surface area contributed by atoms with Crippen LogP contribution in [0, 0.1) is 0 Å². The summed E-state index contributed by atoms with van der Waals surface area (Å²) in [6, 6.07) is 0. The van der Waals surface area contributed by atoms with Crippen molar-refractivity contribution in [2.24, 2.45) is 0 Å². The number of rotatable bonds is 75. The molecule has 0 saturated heterocycles. The molecule has 0 saturated carbocycles. The van der Waals surface area contributed by atoms with Gasteiger partial charge in [0.05, 0.1) is 317 Å². The second-order valence-corrected chi connectivity index (χ2v) is 16.3. The molecular weight excluding hydrogens is 1050 g/mol. The molecule has 0 unspecified atom stereocenters. The standard InChI is InChI=1S/C53H107NO25/c1-53(55)3-5-56-7-9-58-11-13-60-15-17-62-19-21-64-23-25-66-27-29-68-31-33-70-35-37-72-39-41-74-43-45-76-47-49-78-51-52-79-50-48-77-46-44-75-42-40-73-38-36-71-34-32-69-30-28-67-26-24-65-22-20-63-18-16-61-14-12-59-10-8-57-6-4-54-2/h54H,3-52H2,1-2H3. The van der Waals surface area contributed by atoms with Crippen molar-refractivity contribution in [1.29, 1.82) is 0 Å². The molecule has 1 N–H and O–H groups in total. The molecule has 0 aliphatic rings. The monoisotopic (exact) mass is 1160 g/mol. The van der Waals surface area contributed by atoms with Crippen LogP contribution in [0.4, 0.5) is 0 Å². The lowest BCUT2D eigenvalue weighted by atomic mass is 10.3. The van der Waals surface area contributed by atoms with Gasteiger partial charge in [0.15, 0.2) is 0 Å². The third-order valence-corrected chi connectivity index (χ3v) is 9.65. The Bertz CT molecular complexity index is 1100. The van der Waals surface area contributed by atoms with Crippen molar-refractivity contribution in [3.63, 3.8) is 0 Å². The second-order valence-electron chi connectivity index (χ2n) is 16.3. The SMILES string of the molecule is CNCCOCCOCCOCCOCCOCCOCCOCCOCCOCCOCCOCCOCCOCCOCCOCCOCCOCCOCCOCCOCCOCCOCCOCCOCCC(C)=O. The predicted molar refractivity (Wildman–Crippen MR) is 289 cm³/mol. The number of likely N-dealkylation sites (N-methyl/N-ethyl adjacent to an activating group) is 1. The fourth-order valence-electron chi connectivity index (χ4n) is 5.55. The van der Waals surface area contributed by atoms with Gasteiger partial charge in [-0.05, 0) is 14.0 Å². The van der Waals surface area contributed by atoms with Gasteiger partial charge in [0.25, 0.3) is 0 Å². The van der Waals surface area contributed by atoms with Crippen molar-refractivity contribution in [3.8, 4) is 0 Å². The van der Waals surface area contributed by atoms with E-state index in [0.29, 0.717) is 324 Å². The van der Waals surface area contributed by atoms with E-state index in [2.05, 4.69) is 5.32 Å². The van der Waals surface area contributed by atoms with Crippen molar-refractivity contribution < 1.29 is 118 Å². The van der Waals surface area contributed by atoms with Crippen LogP contribution in [0.1, 0.15) is 13.3 Å². The van der Waals surface area contributed by atoms with E-state index in [-0.39, 0.29) is 5.78 Å². The minimum atomic E-state index is 0.121. The summed E-state index contributed by atoms with van der Waals surface area (Å²) in [5.74, 6) is 0.121. The minimum Gasteiger partial charge on any atom is -0.379 e. The van der Waals surface area contributed by atoms with Crippen molar-refractivity contribution >= 4 is 5.78 Å². The number of carbonyl (C=O) groups excluding carboxylic acids is 1. The van der Waals surface area contributed by atoms with Gasteiger partial charge in [-0.25, -0.2) is 0 Å². The highest BCUT2D eigenvalue weighted by molar-refractivity contribution is 5.75. The summed E-state index contributed by atoms with van der Waals surface area (Å²) >= 11 is 0. The van der Waals surface area contributed by atoms with Gasteiger partial charge in [-0.2, -0.15) is 0 Å². The van der Waals surface area contributed by atoms with Gasteiger partial charge >= 0.3 is 0 Å². The van der Waals surface area contributed by atoms with Crippen LogP contribution in [0.15, 0.2) is 0 Å². The third kappa shape index (κ3) is 76.7. The molecule has 0 amide bonds. The van der Waals surface area contributed by atoms with Crippen molar-refractivity contribution in [2.75, 3.05) is 331 Å². The summed E-state index contributed by atoms with van der Waals surface area (Å²) in [4.78, 5) is 10.8. The number of ether oxygens (including phenoxy) is 24. The molecule has 26 heteroatoms. The molecule has 0 bridgehead atoms. The zero-order chi connectivity index (χ0) is 56.6. The fraction of sp³-hybridized carbons (Fsp3) is 0.981. The maximum atomic E-state index is 10.8. The Hall–Kier alpha value is -1.33. The first-order valence-corrected chi connectivity index (χ1v) is 28.3. The summed E-state index contributed by atoms with van der Waals surface area (Å²) < 4.78 is 132. The molecule has 0 heterocycles. The van der Waals surface area contributed by atoms with Gasteiger partial charge in [0.2, 0.25) is 0 Å². The quantitative estimate of drug-likeness (QED) is 0.0818. The van der Waals surface area contributed by atoms with Gasteiger partial charge in [-0.1, -0.05) is 0 Å². The van der Waals surface area contributed by atoms with E-state index in [9.17, 15) is 4.79 Å². The molecule has 0 aliphatic heterocycles. The number of ketones is 1. The summed E-state index contributed by atoms with van der Waals surface area (Å²) in [6.07, 6.45) is 0.435. The third-order valence-electron chi connectivity index (χ3n) is 9.65. The van der Waals surface area contributed by atoms with Crippen LogP contribution >= 0.6 is 0 Å². The summed E-state index contributed by atoms with van der Waals surface area (Å²) in [7, 11) is 1.89. The highest BCUT2D eigenvalue weighted by atomic mass is 16.6. The van der Waals surface area contributed by atoms with Gasteiger partial charge in [-0.15, -0.1) is 0 Å². The van der Waals surface area contributed by atoms with Crippen LogP contribution in [-0.2, 0) is 118 Å². The molecule has 26 nitrogen and oxygen atoms in total. The Morgan fingerprint density at radius 3 is 0.392 bits per heavy atom. The van der Waals surface area contributed by atoms with Gasteiger partial charge < -0.3 is 119 Å². The Kier molecular flexibility index (Phi) is 73.4. The zero-order valence-electron chi connectivity index (χ0n) is 48.6. The maximum Gasteiger partial charge on any atom is 0.132 e. The molecule has 0 aromatic rings. The molecule has 0 spiro atoms. The van der Waals surface area contributed by atoms with E-state index < -0.39 is 0 Å². The van der Waals surface area contributed by atoms with Crippen molar-refractivity contribution in [1.82, 2.24) is 5.32 Å². The van der Waals surface area contributed by atoms with Crippen LogP contribution in [0.3, 0.4) is 0 Å². The summed E-state index contributed by atoms with van der Waals surface area (Å²) in [6.45, 7) is 26.3. The van der Waals surface area contributed by atoms with E-state index in [0.717, 1.165) is 6.54 Å². The zero-order valence-corrected chi connectivity index (χ0v) is 48.6. The molecule has 0 aromatic carbocycles. The fourth-order valence-corrected chi connectivity index (χ4v) is 5.55. The van der Waals surface area contributed by atoms with Crippen LogP contribution in [0.2, 0.25) is 0 Å². The smallest absolute Gasteiger partial charge is 0.132 e. The predicted octanol–water partition coefficient (Wildman–Crippen LogP) is 0.583. The van der Waals surface area contributed by atoms with Crippen LogP contribution < -0.4 is 5.32 Å². The topological polar surface area (TPSA) is 251 Å². The van der Waals surface area contributed by atoms with Crippen LogP contribution in [0.5, 0.6) is 0 Å². The number of carbonyl (C=O) groups is 1. The molecule has 0 radical (unpaired) electrons. The van der Waals surface area contributed by atoms with Crippen LogP contribution in [0.25, 0.3) is 0 Å². The van der Waals surface area contributed by atoms with E-state index in [1.54, 1.807) is 6.92 Å². The minimum absolute atomic E-state index is 0.121. The van der Waals surface area contributed by atoms with Gasteiger partial charge in [0, 0.05) is 13.0 Å². The second kappa shape index (κ2) is 74.7.